The van der Waals surface area contributed by atoms with E-state index in [1.54, 1.807) is 54.9 Å². The summed E-state index contributed by atoms with van der Waals surface area (Å²) >= 11 is 6.22. The Balaban J connectivity index is 1.63. The second-order valence-corrected chi connectivity index (χ2v) is 10.3. The summed E-state index contributed by atoms with van der Waals surface area (Å²) < 4.78 is 2.08. The molecule has 1 atom stereocenters. The highest BCUT2D eigenvalue weighted by Crippen LogP contribution is 2.43. The van der Waals surface area contributed by atoms with Gasteiger partial charge in [0.15, 0.2) is 5.60 Å². The molecule has 0 aliphatic heterocycles. The fourth-order valence-corrected chi connectivity index (χ4v) is 5.74. The average molecular weight is 552 g/mol. The lowest BCUT2D eigenvalue weighted by Gasteiger charge is -2.37. The monoisotopic (exact) mass is 551 g/mol. The molecule has 5 heteroatoms. The number of aromatic nitrogens is 2. The number of rotatable bonds is 7. The number of benzene rings is 5. The molecule has 6 aromatic rings. The fourth-order valence-electron chi connectivity index (χ4n) is 5.62. The summed E-state index contributed by atoms with van der Waals surface area (Å²) in [7, 11) is 0. The van der Waals surface area contributed by atoms with E-state index in [0.717, 1.165) is 16.7 Å². The Labute approximate surface area is 244 Å². The van der Waals surface area contributed by atoms with Crippen molar-refractivity contribution < 1.29 is 5.11 Å². The van der Waals surface area contributed by atoms with Crippen LogP contribution in [-0.4, -0.2) is 14.7 Å². The van der Waals surface area contributed by atoms with Gasteiger partial charge in [-0.1, -0.05) is 127 Å². The largest absolute Gasteiger partial charge is 0.374 e. The van der Waals surface area contributed by atoms with Crippen molar-refractivity contribution in [3.8, 4) is 6.07 Å². The first-order chi connectivity index (χ1) is 20.1. The second-order valence-electron chi connectivity index (χ2n) is 9.88. The number of nitrogens with zero attached hydrogens (tertiary/aromatic N) is 3. The van der Waals surface area contributed by atoms with E-state index >= 15 is 0 Å². The van der Waals surface area contributed by atoms with Gasteiger partial charge < -0.3 is 9.67 Å². The minimum absolute atomic E-state index is 0.441. The molecule has 198 valence electrons. The van der Waals surface area contributed by atoms with E-state index in [-0.39, 0.29) is 0 Å². The number of imidazole rings is 1. The maximum atomic E-state index is 12.6. The van der Waals surface area contributed by atoms with Gasteiger partial charge in [0.05, 0.1) is 23.7 Å². The zero-order chi connectivity index (χ0) is 28.3. The fraction of sp³-hybridized carbons (Fsp3) is 0.0556. The molecule has 0 amide bonds. The van der Waals surface area contributed by atoms with Crippen molar-refractivity contribution in [2.75, 3.05) is 0 Å². The SMILES string of the molecule is N#Cc1ccc(C(O)(c2ccc(Cl)cc2)c2cn(C(c3ccccc3)(c3ccccc3)c3ccccc3)cn2)cc1. The van der Waals surface area contributed by atoms with Gasteiger partial charge in [-0.2, -0.15) is 5.26 Å². The number of hydrogen-bond donors (Lipinski definition) is 1. The lowest BCUT2D eigenvalue weighted by atomic mass is 9.76. The lowest BCUT2D eigenvalue weighted by Crippen LogP contribution is -2.37. The molecule has 1 aromatic heterocycles. The van der Waals surface area contributed by atoms with Crippen LogP contribution in [0, 0.1) is 11.3 Å². The molecule has 0 saturated heterocycles. The Hall–Kier alpha value is -4.95. The van der Waals surface area contributed by atoms with E-state index in [1.165, 1.54) is 0 Å². The molecule has 0 bridgehead atoms. The molecule has 41 heavy (non-hydrogen) atoms. The Morgan fingerprint density at radius 1 is 0.610 bits per heavy atom. The van der Waals surface area contributed by atoms with Crippen LogP contribution in [0.15, 0.2) is 152 Å². The van der Waals surface area contributed by atoms with E-state index in [2.05, 4.69) is 47.0 Å². The lowest BCUT2D eigenvalue weighted by molar-refractivity contribution is 0.121. The first kappa shape index (κ1) is 26.3. The van der Waals surface area contributed by atoms with Crippen molar-refractivity contribution in [1.29, 1.82) is 5.26 Å². The Morgan fingerprint density at radius 3 is 1.49 bits per heavy atom. The summed E-state index contributed by atoms with van der Waals surface area (Å²) in [6.07, 6.45) is 3.70. The van der Waals surface area contributed by atoms with Crippen LogP contribution in [0.3, 0.4) is 0 Å². The average Bonchev–Trinajstić information content (AvgIpc) is 3.54. The van der Waals surface area contributed by atoms with E-state index in [1.807, 2.05) is 60.8 Å². The van der Waals surface area contributed by atoms with Crippen LogP contribution in [0.4, 0.5) is 0 Å². The molecule has 0 radical (unpaired) electrons. The summed E-state index contributed by atoms with van der Waals surface area (Å²) in [5.41, 5.74) is 2.92. The maximum absolute atomic E-state index is 12.6. The van der Waals surface area contributed by atoms with Gasteiger partial charge >= 0.3 is 0 Å². The number of halogens is 1. The van der Waals surface area contributed by atoms with Crippen molar-refractivity contribution in [1.82, 2.24) is 9.55 Å². The second kappa shape index (κ2) is 10.9. The quantitative estimate of drug-likeness (QED) is 0.209. The van der Waals surface area contributed by atoms with Crippen LogP contribution in [0.1, 0.15) is 39.1 Å². The standard InChI is InChI=1S/C36H26ClN3O/c37-33-22-20-32(21-23-33)36(41,31-18-16-27(24-38)17-19-31)34-25-40(26-39-34)35(28-10-4-1-5-11-28,29-12-6-2-7-13-29)30-14-8-3-9-15-30/h1-23,25-26,41H. The summed E-state index contributed by atoms with van der Waals surface area (Å²) in [5.74, 6) is 0. The highest BCUT2D eigenvalue weighted by atomic mass is 35.5. The third-order valence-corrected chi connectivity index (χ3v) is 7.86. The van der Waals surface area contributed by atoms with Crippen LogP contribution >= 0.6 is 11.6 Å². The smallest absolute Gasteiger partial charge is 0.158 e. The van der Waals surface area contributed by atoms with Gasteiger partial charge in [0.25, 0.3) is 0 Å². The molecule has 0 aliphatic rings. The summed E-state index contributed by atoms with van der Waals surface area (Å²) in [6, 6.07) is 47.2. The maximum Gasteiger partial charge on any atom is 0.158 e. The van der Waals surface area contributed by atoms with Crippen LogP contribution in [0.25, 0.3) is 0 Å². The molecule has 5 aromatic carbocycles. The third-order valence-electron chi connectivity index (χ3n) is 7.61. The molecule has 1 unspecified atom stereocenters. The Kier molecular flexibility index (Phi) is 6.99. The third kappa shape index (κ3) is 4.52. The van der Waals surface area contributed by atoms with Crippen molar-refractivity contribution >= 4 is 11.6 Å². The molecule has 6 rings (SSSR count). The predicted molar refractivity (Wildman–Crippen MR) is 162 cm³/mol. The zero-order valence-electron chi connectivity index (χ0n) is 22.1. The minimum atomic E-state index is -1.61. The van der Waals surface area contributed by atoms with Crippen molar-refractivity contribution in [3.05, 3.63) is 196 Å². The van der Waals surface area contributed by atoms with Crippen molar-refractivity contribution in [2.45, 2.75) is 11.1 Å². The van der Waals surface area contributed by atoms with Crippen LogP contribution < -0.4 is 0 Å². The Morgan fingerprint density at radius 2 is 1.05 bits per heavy atom. The molecule has 0 aliphatic carbocycles. The highest BCUT2D eigenvalue weighted by Gasteiger charge is 2.41. The van der Waals surface area contributed by atoms with E-state index < -0.39 is 11.1 Å². The molecule has 1 N–H and O–H groups in total. The normalized spacial score (nSPS) is 12.8. The topological polar surface area (TPSA) is 61.8 Å². The summed E-state index contributed by atoms with van der Waals surface area (Å²) in [4.78, 5) is 4.86. The number of aliphatic hydroxyl groups is 1. The zero-order valence-corrected chi connectivity index (χ0v) is 22.9. The van der Waals surface area contributed by atoms with Crippen molar-refractivity contribution in [2.24, 2.45) is 0 Å². The van der Waals surface area contributed by atoms with Gasteiger partial charge in [0, 0.05) is 11.2 Å². The molecule has 0 saturated carbocycles. The molecule has 0 spiro atoms. The van der Waals surface area contributed by atoms with Gasteiger partial charge in [-0.05, 0) is 52.1 Å². The molecule has 4 nitrogen and oxygen atoms in total. The predicted octanol–water partition coefficient (Wildman–Crippen LogP) is 7.53. The molecule has 0 fully saturated rings. The first-order valence-electron chi connectivity index (χ1n) is 13.3. The van der Waals surface area contributed by atoms with Crippen LogP contribution in [0.2, 0.25) is 5.02 Å². The number of hydrogen-bond acceptors (Lipinski definition) is 3. The van der Waals surface area contributed by atoms with Gasteiger partial charge in [-0.25, -0.2) is 4.98 Å². The van der Waals surface area contributed by atoms with Crippen LogP contribution in [-0.2, 0) is 11.1 Å². The van der Waals surface area contributed by atoms with E-state index in [0.29, 0.717) is 27.4 Å². The molecular formula is C36H26ClN3O. The van der Waals surface area contributed by atoms with Gasteiger partial charge in [-0.3, -0.25) is 0 Å². The number of nitriles is 1. The Bertz CT molecular complexity index is 1700. The van der Waals surface area contributed by atoms with Crippen LogP contribution in [0.5, 0.6) is 0 Å². The molecule has 1 heterocycles. The van der Waals surface area contributed by atoms with Gasteiger partial charge in [0.1, 0.15) is 5.54 Å². The van der Waals surface area contributed by atoms with Gasteiger partial charge in [-0.15, -0.1) is 0 Å². The molecular weight excluding hydrogens is 526 g/mol. The highest BCUT2D eigenvalue weighted by molar-refractivity contribution is 6.30. The summed E-state index contributed by atoms with van der Waals surface area (Å²) in [6.45, 7) is 0. The minimum Gasteiger partial charge on any atom is -0.374 e. The van der Waals surface area contributed by atoms with E-state index in [4.69, 9.17) is 16.6 Å². The van der Waals surface area contributed by atoms with Gasteiger partial charge in [0.2, 0.25) is 0 Å². The first-order valence-corrected chi connectivity index (χ1v) is 13.6. The summed E-state index contributed by atoms with van der Waals surface area (Å²) in [5, 5.41) is 22.5. The van der Waals surface area contributed by atoms with E-state index in [9.17, 15) is 10.4 Å². The van der Waals surface area contributed by atoms with Crippen molar-refractivity contribution in [3.63, 3.8) is 0 Å².